The summed E-state index contributed by atoms with van der Waals surface area (Å²) in [5.41, 5.74) is 0.363. The zero-order valence-electron chi connectivity index (χ0n) is 34.4. The Labute approximate surface area is 350 Å². The summed E-state index contributed by atoms with van der Waals surface area (Å²) in [5, 5.41) is 21.3. The van der Waals surface area contributed by atoms with E-state index in [1.807, 2.05) is 19.9 Å². The predicted molar refractivity (Wildman–Crippen MR) is 217 cm³/mol. The van der Waals surface area contributed by atoms with Gasteiger partial charge in [0.15, 0.2) is 22.8 Å². The van der Waals surface area contributed by atoms with Gasteiger partial charge in [-0.1, -0.05) is 76.7 Å². The van der Waals surface area contributed by atoms with Crippen LogP contribution in [0.5, 0.6) is 0 Å². The first-order valence-corrected chi connectivity index (χ1v) is 19.4. The minimum absolute atomic E-state index is 0.0121. The summed E-state index contributed by atoms with van der Waals surface area (Å²) in [6.45, 7) is 11.8. The number of hydrogen-bond acceptors (Lipinski definition) is 16. The molecule has 0 saturated heterocycles. The Bertz CT molecular complexity index is 2270. The highest BCUT2D eigenvalue weighted by Crippen LogP contribution is 2.29. The smallest absolute Gasteiger partial charge is 0.408 e. The molecule has 0 saturated carbocycles. The lowest BCUT2D eigenvalue weighted by Gasteiger charge is -2.29. The van der Waals surface area contributed by atoms with Crippen molar-refractivity contribution >= 4 is 41.1 Å². The lowest BCUT2D eigenvalue weighted by molar-refractivity contribution is -0.131. The molecule has 4 heterocycles. The first kappa shape index (κ1) is 44.7. The number of nitrogens with one attached hydrogen (secondary N) is 4. The van der Waals surface area contributed by atoms with Crippen LogP contribution in [0.1, 0.15) is 88.9 Å². The molecule has 5 rings (SSSR count). The van der Waals surface area contributed by atoms with Crippen molar-refractivity contribution in [3.05, 3.63) is 72.3 Å². The largest absolute Gasteiger partial charge is 0.464 e. The number of hydrogen-bond donors (Lipinski definition) is 5. The molecule has 0 spiro atoms. The number of rotatable bonds is 17. The maximum absolute atomic E-state index is 13.4. The van der Waals surface area contributed by atoms with Crippen LogP contribution in [0, 0.1) is 11.8 Å². The van der Waals surface area contributed by atoms with Gasteiger partial charge in [-0.15, -0.1) is 0 Å². The number of carbonyl (C=O) groups excluding carboxylic acids is 4. The summed E-state index contributed by atoms with van der Waals surface area (Å²) in [7, 11) is 1.23. The average Bonchev–Trinajstić information content (AvgIpc) is 4.05. The van der Waals surface area contributed by atoms with Gasteiger partial charge in [0.1, 0.15) is 53.2 Å². The zero-order valence-corrected chi connectivity index (χ0v) is 35.2. The van der Waals surface area contributed by atoms with Crippen molar-refractivity contribution in [3.63, 3.8) is 0 Å². The van der Waals surface area contributed by atoms with Gasteiger partial charge in [0.05, 0.1) is 20.3 Å². The monoisotopic (exact) mass is 848 g/mol. The minimum atomic E-state index is -0.964. The molecular formula is C40H48N8O11S. The summed E-state index contributed by atoms with van der Waals surface area (Å²) >= 11 is 5.53. The number of methoxy groups -OCH3 is 1. The number of carbonyl (C=O) groups is 4. The lowest BCUT2D eigenvalue weighted by atomic mass is 9.96. The molecule has 4 atom stereocenters. The number of alkyl carbamates (subject to hydrolysis) is 1. The van der Waals surface area contributed by atoms with Crippen molar-refractivity contribution in [1.82, 2.24) is 41.2 Å². The summed E-state index contributed by atoms with van der Waals surface area (Å²) in [4.78, 5) is 69.1. The molecule has 0 unspecified atom stereocenters. The van der Waals surface area contributed by atoms with Crippen LogP contribution in [0.4, 0.5) is 4.79 Å². The van der Waals surface area contributed by atoms with Gasteiger partial charge in [0.25, 0.3) is 0 Å². The molecule has 5 aromatic rings. The predicted octanol–water partition coefficient (Wildman–Crippen LogP) is 5.12. The van der Waals surface area contributed by atoms with E-state index in [-0.39, 0.29) is 75.5 Å². The average molecular weight is 849 g/mol. The molecule has 0 radical (unpaired) electrons. The van der Waals surface area contributed by atoms with Gasteiger partial charge in [-0.05, 0) is 32.6 Å². The third-order valence-corrected chi connectivity index (χ3v) is 9.23. The van der Waals surface area contributed by atoms with E-state index in [1.165, 1.54) is 25.9 Å². The van der Waals surface area contributed by atoms with Crippen LogP contribution >= 0.6 is 12.2 Å². The Hall–Kier alpha value is -6.41. The standard InChI is InChI=1S/C40H48N8O11S/c1-9-21(4)29(48-39(53)59-40(5,6)7)33(51)46-28(20(2)3)32(50)41-15-27-42-24(17-55-27)34-43-25(18-56-34)35-44-26(19-57-35)37(60)45-23(16-49)36-47-30(38(52)54-8)31(58-36)22-13-11-10-12-14-22/h10-14,17-21,23,28-29,49H,9,15-16H2,1-8H3,(H,41,50)(H,45,60)(H,46,51)(H,48,53)/t21-,23-,28-,29-/m0/s1. The third kappa shape index (κ3) is 11.2. The number of aliphatic hydroxyl groups is 1. The first-order valence-electron chi connectivity index (χ1n) is 19.0. The maximum atomic E-state index is 13.4. The normalized spacial score (nSPS) is 13.5. The number of aliphatic hydroxyl groups excluding tert-OH is 1. The molecule has 60 heavy (non-hydrogen) atoms. The Morgan fingerprint density at radius 2 is 1.52 bits per heavy atom. The zero-order chi connectivity index (χ0) is 43.7. The van der Waals surface area contributed by atoms with E-state index < -0.39 is 54.2 Å². The summed E-state index contributed by atoms with van der Waals surface area (Å²) in [6, 6.07) is 6.00. The topological polar surface area (TPSA) is 259 Å². The van der Waals surface area contributed by atoms with Gasteiger partial charge in [0, 0.05) is 5.56 Å². The Balaban J connectivity index is 1.20. The van der Waals surface area contributed by atoms with Gasteiger partial charge >= 0.3 is 12.1 Å². The molecule has 0 bridgehead atoms. The molecular weight excluding hydrogens is 801 g/mol. The van der Waals surface area contributed by atoms with E-state index in [2.05, 4.69) is 41.2 Å². The summed E-state index contributed by atoms with van der Waals surface area (Å²) in [6.07, 6.45) is 3.72. The number of esters is 1. The number of benzene rings is 1. The number of amides is 3. The van der Waals surface area contributed by atoms with Crippen LogP contribution in [0.25, 0.3) is 34.5 Å². The van der Waals surface area contributed by atoms with Crippen molar-refractivity contribution in [2.75, 3.05) is 13.7 Å². The number of thiocarbonyl (C=S) groups is 1. The number of ether oxygens (including phenoxy) is 2. The maximum Gasteiger partial charge on any atom is 0.408 e. The summed E-state index contributed by atoms with van der Waals surface area (Å²) in [5.74, 6) is -1.88. The fraction of sp³-hybridized carbons (Fsp3) is 0.425. The molecule has 1 aromatic carbocycles. The molecule has 19 nitrogen and oxygen atoms in total. The molecule has 0 aliphatic carbocycles. The molecule has 3 amide bonds. The summed E-state index contributed by atoms with van der Waals surface area (Å²) < 4.78 is 32.9. The van der Waals surface area contributed by atoms with Gasteiger partial charge in [0.2, 0.25) is 35.4 Å². The highest BCUT2D eigenvalue weighted by atomic mass is 32.1. The van der Waals surface area contributed by atoms with Gasteiger partial charge < -0.3 is 53.5 Å². The van der Waals surface area contributed by atoms with Crippen molar-refractivity contribution in [2.45, 2.75) is 85.2 Å². The fourth-order valence-electron chi connectivity index (χ4n) is 5.59. The highest BCUT2D eigenvalue weighted by molar-refractivity contribution is 7.80. The van der Waals surface area contributed by atoms with E-state index in [4.69, 9.17) is 39.4 Å². The van der Waals surface area contributed by atoms with Crippen LogP contribution in [-0.2, 0) is 25.6 Å². The van der Waals surface area contributed by atoms with Gasteiger partial charge in [-0.3, -0.25) is 9.59 Å². The van der Waals surface area contributed by atoms with Crippen LogP contribution in [-0.4, -0.2) is 85.3 Å². The Morgan fingerprint density at radius 1 is 0.850 bits per heavy atom. The van der Waals surface area contributed by atoms with Gasteiger partial charge in [-0.25, -0.2) is 29.5 Å². The second kappa shape index (κ2) is 19.6. The van der Waals surface area contributed by atoms with Crippen LogP contribution in [0.3, 0.4) is 0 Å². The van der Waals surface area contributed by atoms with Crippen LogP contribution in [0.15, 0.2) is 66.8 Å². The minimum Gasteiger partial charge on any atom is -0.464 e. The van der Waals surface area contributed by atoms with E-state index >= 15 is 0 Å². The van der Waals surface area contributed by atoms with E-state index in [0.717, 1.165) is 0 Å². The Morgan fingerprint density at radius 3 is 2.17 bits per heavy atom. The molecule has 4 aromatic heterocycles. The SMILES string of the molecule is CC[C@H](C)[C@H](NC(=O)OC(C)(C)C)C(=O)N[C@H](C(=O)NCc1nc(-c2nc(-c3nc(C(=S)N[C@@H](CO)c4nc(C(=O)OC)c(-c5ccccc5)o4)co3)co2)co1)C(C)C. The van der Waals surface area contributed by atoms with Crippen molar-refractivity contribution in [1.29, 1.82) is 0 Å². The molecule has 0 fully saturated rings. The van der Waals surface area contributed by atoms with Crippen molar-refractivity contribution in [2.24, 2.45) is 11.8 Å². The van der Waals surface area contributed by atoms with Crippen LogP contribution < -0.4 is 21.3 Å². The molecule has 5 N–H and O–H groups in total. The van der Waals surface area contributed by atoms with Gasteiger partial charge in [-0.2, -0.15) is 0 Å². The number of oxazole rings is 4. The molecule has 0 aliphatic rings. The number of nitrogens with zero attached hydrogens (tertiary/aromatic N) is 4. The quantitative estimate of drug-likeness (QED) is 0.0601. The number of aromatic nitrogens is 4. The fourth-order valence-corrected chi connectivity index (χ4v) is 5.82. The second-order valence-electron chi connectivity index (χ2n) is 15.0. The van der Waals surface area contributed by atoms with E-state index in [0.29, 0.717) is 12.0 Å². The van der Waals surface area contributed by atoms with Crippen molar-refractivity contribution < 1.29 is 51.4 Å². The van der Waals surface area contributed by atoms with Crippen LogP contribution in [0.2, 0.25) is 0 Å². The molecule has 20 heteroatoms. The third-order valence-electron chi connectivity index (χ3n) is 8.90. The molecule has 320 valence electrons. The molecule has 0 aliphatic heterocycles. The first-order chi connectivity index (χ1) is 28.5. The highest BCUT2D eigenvalue weighted by Gasteiger charge is 2.33. The second-order valence-corrected chi connectivity index (χ2v) is 15.4. The van der Waals surface area contributed by atoms with Crippen molar-refractivity contribution in [3.8, 4) is 34.5 Å². The van der Waals surface area contributed by atoms with E-state index in [1.54, 1.807) is 58.9 Å². The Kier molecular flexibility index (Phi) is 14.6. The van der Waals surface area contributed by atoms with E-state index in [9.17, 15) is 24.3 Å². The lowest BCUT2D eigenvalue weighted by Crippen LogP contribution is -2.57.